The summed E-state index contributed by atoms with van der Waals surface area (Å²) in [7, 11) is 0. The Kier molecular flexibility index (Phi) is 5.81. The monoisotopic (exact) mass is 378 g/mol. The van der Waals surface area contributed by atoms with Crippen LogP contribution in [0.2, 0.25) is 0 Å². The van der Waals surface area contributed by atoms with Crippen molar-refractivity contribution in [3.63, 3.8) is 0 Å². The molecule has 0 spiro atoms. The standard InChI is InChI=1S/C22H22N2O2S/c1-4-12-24-21(26)20(13-16-8-10-17(11-9-16)15(2)3)27-22(24)23-18-6-5-7-19(25)14-18/h4-11,13-15,25H,1,12H2,2-3H3/b20-13-,23-22?. The van der Waals surface area contributed by atoms with Crippen molar-refractivity contribution in [1.29, 1.82) is 0 Å². The van der Waals surface area contributed by atoms with E-state index in [1.165, 1.54) is 17.3 Å². The highest BCUT2D eigenvalue weighted by Crippen LogP contribution is 2.34. The number of hydrogen-bond acceptors (Lipinski definition) is 4. The SMILES string of the molecule is C=CCN1C(=O)/C(=C/c2ccc(C(C)C)cc2)SC1=Nc1cccc(O)c1. The van der Waals surface area contributed by atoms with Crippen molar-refractivity contribution in [2.75, 3.05) is 6.54 Å². The molecule has 3 rings (SSSR count). The molecule has 2 aromatic carbocycles. The normalized spacial score (nSPS) is 17.3. The molecule has 2 aromatic rings. The Morgan fingerprint density at radius 1 is 1.22 bits per heavy atom. The van der Waals surface area contributed by atoms with Crippen molar-refractivity contribution in [1.82, 2.24) is 4.90 Å². The van der Waals surface area contributed by atoms with Gasteiger partial charge in [0, 0.05) is 12.6 Å². The fourth-order valence-electron chi connectivity index (χ4n) is 2.68. The molecule has 1 heterocycles. The molecule has 138 valence electrons. The van der Waals surface area contributed by atoms with E-state index in [0.717, 1.165) is 5.56 Å². The number of carbonyl (C=O) groups is 1. The number of rotatable bonds is 5. The quantitative estimate of drug-likeness (QED) is 0.567. The van der Waals surface area contributed by atoms with E-state index < -0.39 is 0 Å². The largest absolute Gasteiger partial charge is 0.508 e. The first-order valence-corrected chi connectivity index (χ1v) is 9.59. The number of hydrogen-bond donors (Lipinski definition) is 1. The molecule has 0 bridgehead atoms. The van der Waals surface area contributed by atoms with Gasteiger partial charge in [-0.05, 0) is 47.0 Å². The van der Waals surface area contributed by atoms with Crippen LogP contribution in [-0.4, -0.2) is 27.6 Å². The van der Waals surface area contributed by atoms with Gasteiger partial charge in [-0.1, -0.05) is 50.3 Å². The lowest BCUT2D eigenvalue weighted by Crippen LogP contribution is -2.29. The molecule has 0 unspecified atom stereocenters. The number of phenols is 1. The summed E-state index contributed by atoms with van der Waals surface area (Å²) in [6, 6.07) is 14.9. The highest BCUT2D eigenvalue weighted by molar-refractivity contribution is 8.18. The van der Waals surface area contributed by atoms with Crippen LogP contribution in [0.25, 0.3) is 6.08 Å². The predicted molar refractivity (Wildman–Crippen MR) is 113 cm³/mol. The van der Waals surface area contributed by atoms with Crippen LogP contribution in [0.15, 0.2) is 71.1 Å². The van der Waals surface area contributed by atoms with Gasteiger partial charge in [0.25, 0.3) is 5.91 Å². The summed E-state index contributed by atoms with van der Waals surface area (Å²) in [6.07, 6.45) is 3.56. The molecule has 4 nitrogen and oxygen atoms in total. The van der Waals surface area contributed by atoms with Crippen LogP contribution in [0.4, 0.5) is 5.69 Å². The second-order valence-electron chi connectivity index (χ2n) is 6.55. The van der Waals surface area contributed by atoms with Crippen molar-refractivity contribution in [3.8, 4) is 5.75 Å². The molecule has 0 aliphatic carbocycles. The molecular formula is C22H22N2O2S. The van der Waals surface area contributed by atoms with E-state index in [1.807, 2.05) is 18.2 Å². The summed E-state index contributed by atoms with van der Waals surface area (Å²) in [5.74, 6) is 0.521. The van der Waals surface area contributed by atoms with Gasteiger partial charge in [-0.15, -0.1) is 6.58 Å². The van der Waals surface area contributed by atoms with Gasteiger partial charge in [0.2, 0.25) is 0 Å². The van der Waals surface area contributed by atoms with Crippen LogP contribution >= 0.6 is 11.8 Å². The predicted octanol–water partition coefficient (Wildman–Crippen LogP) is 5.31. The van der Waals surface area contributed by atoms with Crippen LogP contribution < -0.4 is 0 Å². The summed E-state index contributed by atoms with van der Waals surface area (Å²) in [4.78, 5) is 19.5. The number of aromatic hydroxyl groups is 1. The van der Waals surface area contributed by atoms with E-state index in [4.69, 9.17) is 0 Å². The Morgan fingerprint density at radius 2 is 1.96 bits per heavy atom. The first kappa shape index (κ1) is 19.0. The summed E-state index contributed by atoms with van der Waals surface area (Å²) < 4.78 is 0. The van der Waals surface area contributed by atoms with Crippen molar-refractivity contribution in [3.05, 3.63) is 77.2 Å². The molecule has 1 saturated heterocycles. The molecular weight excluding hydrogens is 356 g/mol. The number of amides is 1. The molecule has 0 aromatic heterocycles. The average molecular weight is 378 g/mol. The number of aliphatic imine (C=N–C) groups is 1. The Balaban J connectivity index is 1.91. The lowest BCUT2D eigenvalue weighted by molar-refractivity contribution is -0.121. The van der Waals surface area contributed by atoms with E-state index in [2.05, 4.69) is 37.6 Å². The van der Waals surface area contributed by atoms with Gasteiger partial charge in [0.05, 0.1) is 10.6 Å². The van der Waals surface area contributed by atoms with Gasteiger partial charge >= 0.3 is 0 Å². The van der Waals surface area contributed by atoms with Crippen molar-refractivity contribution < 1.29 is 9.90 Å². The summed E-state index contributed by atoms with van der Waals surface area (Å²) >= 11 is 1.33. The zero-order chi connectivity index (χ0) is 19.4. The molecule has 1 amide bonds. The van der Waals surface area contributed by atoms with Crippen LogP contribution in [0.3, 0.4) is 0 Å². The maximum Gasteiger partial charge on any atom is 0.267 e. The van der Waals surface area contributed by atoms with Gasteiger partial charge in [-0.2, -0.15) is 0 Å². The van der Waals surface area contributed by atoms with E-state index in [-0.39, 0.29) is 11.7 Å². The molecule has 0 atom stereocenters. The van der Waals surface area contributed by atoms with E-state index >= 15 is 0 Å². The van der Waals surface area contributed by atoms with E-state index in [0.29, 0.717) is 28.2 Å². The molecule has 1 N–H and O–H groups in total. The van der Waals surface area contributed by atoms with Crippen molar-refractivity contribution in [2.24, 2.45) is 4.99 Å². The third-order valence-electron chi connectivity index (χ3n) is 4.16. The van der Waals surface area contributed by atoms with Crippen LogP contribution in [0.1, 0.15) is 30.9 Å². The van der Waals surface area contributed by atoms with Crippen molar-refractivity contribution in [2.45, 2.75) is 19.8 Å². The van der Waals surface area contributed by atoms with Gasteiger partial charge in [-0.25, -0.2) is 4.99 Å². The second-order valence-corrected chi connectivity index (χ2v) is 7.56. The van der Waals surface area contributed by atoms with Gasteiger partial charge < -0.3 is 5.11 Å². The Hall–Kier alpha value is -2.79. The topological polar surface area (TPSA) is 52.9 Å². The average Bonchev–Trinajstić information content (AvgIpc) is 2.91. The highest BCUT2D eigenvalue weighted by atomic mass is 32.2. The summed E-state index contributed by atoms with van der Waals surface area (Å²) in [5.41, 5.74) is 2.84. The number of phenolic OH excluding ortho intramolecular Hbond substituents is 1. The molecule has 1 aliphatic rings. The molecule has 5 heteroatoms. The third kappa shape index (κ3) is 4.49. The zero-order valence-corrected chi connectivity index (χ0v) is 16.2. The fourth-order valence-corrected chi connectivity index (χ4v) is 3.69. The Bertz CT molecular complexity index is 914. The molecule has 1 fully saturated rings. The third-order valence-corrected chi connectivity index (χ3v) is 5.16. The molecule has 0 saturated carbocycles. The van der Waals surface area contributed by atoms with Crippen LogP contribution in [0.5, 0.6) is 5.75 Å². The minimum Gasteiger partial charge on any atom is -0.508 e. The summed E-state index contributed by atoms with van der Waals surface area (Å²) in [5, 5.41) is 10.2. The lowest BCUT2D eigenvalue weighted by atomic mass is 10.0. The Morgan fingerprint density at radius 3 is 2.59 bits per heavy atom. The van der Waals surface area contributed by atoms with Crippen LogP contribution in [0, 0.1) is 0 Å². The molecule has 1 aliphatic heterocycles. The minimum atomic E-state index is -0.0910. The number of carbonyl (C=O) groups excluding carboxylic acids is 1. The number of nitrogens with zero attached hydrogens (tertiary/aromatic N) is 2. The highest BCUT2D eigenvalue weighted by Gasteiger charge is 2.32. The van der Waals surface area contributed by atoms with Gasteiger partial charge in [0.1, 0.15) is 5.75 Å². The number of benzene rings is 2. The van der Waals surface area contributed by atoms with Gasteiger partial charge in [-0.3, -0.25) is 9.69 Å². The fraction of sp³-hybridized carbons (Fsp3) is 0.182. The first-order valence-electron chi connectivity index (χ1n) is 8.78. The first-order chi connectivity index (χ1) is 13.0. The van der Waals surface area contributed by atoms with Crippen molar-refractivity contribution >= 4 is 34.6 Å². The summed E-state index contributed by atoms with van der Waals surface area (Å²) in [6.45, 7) is 8.42. The van der Waals surface area contributed by atoms with E-state index in [1.54, 1.807) is 35.2 Å². The molecule has 0 radical (unpaired) electrons. The minimum absolute atomic E-state index is 0.0910. The van der Waals surface area contributed by atoms with Gasteiger partial charge in [0.15, 0.2) is 5.17 Å². The second kappa shape index (κ2) is 8.27. The number of amidine groups is 1. The number of thioether (sulfide) groups is 1. The Labute approximate surface area is 163 Å². The zero-order valence-electron chi connectivity index (χ0n) is 15.4. The molecule has 27 heavy (non-hydrogen) atoms. The maximum absolute atomic E-state index is 12.8. The van der Waals surface area contributed by atoms with Crippen LogP contribution in [-0.2, 0) is 4.79 Å². The smallest absolute Gasteiger partial charge is 0.267 e. The maximum atomic E-state index is 12.8. The lowest BCUT2D eigenvalue weighted by Gasteiger charge is -2.12. The van der Waals surface area contributed by atoms with E-state index in [9.17, 15) is 9.90 Å².